The zero-order chi connectivity index (χ0) is 12.9. The Labute approximate surface area is 104 Å². The van der Waals surface area contributed by atoms with Crippen LogP contribution >= 0.6 is 0 Å². The van der Waals surface area contributed by atoms with Crippen molar-refractivity contribution in [2.45, 2.75) is 53.2 Å². The lowest BCUT2D eigenvalue weighted by molar-refractivity contribution is 0.407. The first-order valence-electron chi connectivity index (χ1n) is 6.23. The molecule has 0 aromatic carbocycles. The Morgan fingerprint density at radius 2 is 2.18 bits per heavy atom. The third-order valence-corrected chi connectivity index (χ3v) is 2.90. The van der Waals surface area contributed by atoms with E-state index in [-0.39, 0.29) is 5.41 Å². The summed E-state index contributed by atoms with van der Waals surface area (Å²) in [5.74, 6) is 0. The molecule has 94 valence electrons. The summed E-state index contributed by atoms with van der Waals surface area (Å²) in [6.45, 7) is 10.1. The van der Waals surface area contributed by atoms with E-state index >= 15 is 0 Å². The minimum absolute atomic E-state index is 0.243. The predicted octanol–water partition coefficient (Wildman–Crippen LogP) is 2.93. The molecular formula is C14H23N3. The summed E-state index contributed by atoms with van der Waals surface area (Å²) < 4.78 is 2.23. The second-order valence-electron chi connectivity index (χ2n) is 5.47. The number of rotatable bonds is 6. The zero-order valence-corrected chi connectivity index (χ0v) is 11.3. The van der Waals surface area contributed by atoms with Gasteiger partial charge in [-0.2, -0.15) is 5.26 Å². The van der Waals surface area contributed by atoms with Gasteiger partial charge in [-0.3, -0.25) is 0 Å². The number of aromatic nitrogens is 1. The van der Waals surface area contributed by atoms with Crippen LogP contribution in [-0.4, -0.2) is 10.6 Å². The Hall–Kier alpha value is -1.27. The molecule has 1 aromatic heterocycles. The fourth-order valence-corrected chi connectivity index (χ4v) is 1.59. The first-order chi connectivity index (χ1) is 7.94. The Morgan fingerprint density at radius 1 is 1.47 bits per heavy atom. The molecule has 0 fully saturated rings. The average molecular weight is 233 g/mol. The highest BCUT2D eigenvalue weighted by molar-refractivity contribution is 5.07. The minimum Gasteiger partial charge on any atom is -0.350 e. The molecule has 0 unspecified atom stereocenters. The number of nitriles is 1. The quantitative estimate of drug-likeness (QED) is 0.820. The molecule has 0 amide bonds. The monoisotopic (exact) mass is 233 g/mol. The van der Waals surface area contributed by atoms with Crippen LogP contribution in [0.5, 0.6) is 0 Å². The third kappa shape index (κ3) is 4.62. The van der Waals surface area contributed by atoms with Gasteiger partial charge in [0.1, 0.15) is 0 Å². The van der Waals surface area contributed by atoms with Gasteiger partial charge in [0.05, 0.1) is 11.5 Å². The third-order valence-electron chi connectivity index (χ3n) is 2.90. The van der Waals surface area contributed by atoms with Crippen molar-refractivity contribution in [3.8, 4) is 6.07 Å². The molecule has 0 saturated carbocycles. The lowest BCUT2D eigenvalue weighted by Crippen LogP contribution is -2.24. The van der Waals surface area contributed by atoms with Gasteiger partial charge in [0.25, 0.3) is 0 Å². The van der Waals surface area contributed by atoms with Gasteiger partial charge in [-0.1, -0.05) is 13.8 Å². The molecular weight excluding hydrogens is 210 g/mol. The standard InChI is InChI=1S/C14H23N3/c1-12(2)16-10-13-6-5-8-17(13)9-7-14(3,4)11-15/h5-6,8,12,16H,7,9-10H2,1-4H3. The molecule has 0 spiro atoms. The molecule has 1 aromatic rings. The summed E-state index contributed by atoms with van der Waals surface area (Å²) in [6.07, 6.45) is 2.97. The molecule has 17 heavy (non-hydrogen) atoms. The Balaban J connectivity index is 2.55. The van der Waals surface area contributed by atoms with E-state index in [0.29, 0.717) is 6.04 Å². The molecule has 3 nitrogen and oxygen atoms in total. The van der Waals surface area contributed by atoms with E-state index in [2.05, 4.69) is 48.1 Å². The van der Waals surface area contributed by atoms with Crippen molar-refractivity contribution >= 4 is 0 Å². The Kier molecular flexibility index (Phi) is 4.77. The number of aryl methyl sites for hydroxylation is 1. The van der Waals surface area contributed by atoms with Crippen molar-refractivity contribution in [2.75, 3.05) is 0 Å². The van der Waals surface area contributed by atoms with Gasteiger partial charge in [0.2, 0.25) is 0 Å². The van der Waals surface area contributed by atoms with E-state index in [0.717, 1.165) is 19.5 Å². The van der Waals surface area contributed by atoms with Gasteiger partial charge in [0, 0.05) is 31.0 Å². The summed E-state index contributed by atoms with van der Waals surface area (Å²) in [7, 11) is 0. The highest BCUT2D eigenvalue weighted by Crippen LogP contribution is 2.20. The molecule has 0 aliphatic carbocycles. The van der Waals surface area contributed by atoms with E-state index in [4.69, 9.17) is 5.26 Å². The molecule has 0 aliphatic rings. The Bertz CT molecular complexity index is 382. The molecule has 0 aliphatic heterocycles. The smallest absolute Gasteiger partial charge is 0.0684 e. The van der Waals surface area contributed by atoms with Crippen LogP contribution in [0.2, 0.25) is 0 Å². The normalized spacial score (nSPS) is 11.8. The van der Waals surface area contributed by atoms with Crippen LogP contribution in [0, 0.1) is 16.7 Å². The lowest BCUT2D eigenvalue weighted by atomic mass is 9.91. The van der Waals surface area contributed by atoms with Gasteiger partial charge < -0.3 is 9.88 Å². The van der Waals surface area contributed by atoms with Crippen LogP contribution in [-0.2, 0) is 13.1 Å². The van der Waals surface area contributed by atoms with Crippen LogP contribution in [0.4, 0.5) is 0 Å². The van der Waals surface area contributed by atoms with Crippen LogP contribution in [0.15, 0.2) is 18.3 Å². The first kappa shape index (κ1) is 13.8. The van der Waals surface area contributed by atoms with Crippen molar-refractivity contribution in [3.63, 3.8) is 0 Å². The van der Waals surface area contributed by atoms with Gasteiger partial charge in [0.15, 0.2) is 0 Å². The molecule has 0 atom stereocenters. The molecule has 3 heteroatoms. The van der Waals surface area contributed by atoms with Crippen LogP contribution in [0.25, 0.3) is 0 Å². The van der Waals surface area contributed by atoms with Crippen molar-refractivity contribution in [1.29, 1.82) is 5.26 Å². The predicted molar refractivity (Wildman–Crippen MR) is 70.4 cm³/mol. The topological polar surface area (TPSA) is 40.8 Å². The first-order valence-corrected chi connectivity index (χ1v) is 6.23. The van der Waals surface area contributed by atoms with Crippen LogP contribution < -0.4 is 5.32 Å². The number of nitrogens with one attached hydrogen (secondary N) is 1. The van der Waals surface area contributed by atoms with Crippen molar-refractivity contribution in [2.24, 2.45) is 5.41 Å². The summed E-state index contributed by atoms with van der Waals surface area (Å²) >= 11 is 0. The van der Waals surface area contributed by atoms with Crippen LogP contribution in [0.1, 0.15) is 39.8 Å². The lowest BCUT2D eigenvalue weighted by Gasteiger charge is -2.17. The van der Waals surface area contributed by atoms with Gasteiger partial charge in [-0.15, -0.1) is 0 Å². The van der Waals surface area contributed by atoms with Gasteiger partial charge in [-0.05, 0) is 32.4 Å². The van der Waals surface area contributed by atoms with E-state index in [1.54, 1.807) is 0 Å². The fourth-order valence-electron chi connectivity index (χ4n) is 1.59. The van der Waals surface area contributed by atoms with Gasteiger partial charge in [-0.25, -0.2) is 0 Å². The number of nitrogens with zero attached hydrogens (tertiary/aromatic N) is 2. The SMILES string of the molecule is CC(C)NCc1cccn1CCC(C)(C)C#N. The van der Waals surface area contributed by atoms with E-state index in [1.807, 2.05) is 13.8 Å². The maximum Gasteiger partial charge on any atom is 0.0684 e. The maximum atomic E-state index is 9.00. The van der Waals surface area contributed by atoms with Crippen molar-refractivity contribution < 1.29 is 0 Å². The van der Waals surface area contributed by atoms with Crippen molar-refractivity contribution in [1.82, 2.24) is 9.88 Å². The summed E-state index contributed by atoms with van der Waals surface area (Å²) in [5.41, 5.74) is 1.04. The Morgan fingerprint density at radius 3 is 2.76 bits per heavy atom. The second kappa shape index (κ2) is 5.88. The number of hydrogen-bond acceptors (Lipinski definition) is 2. The maximum absolute atomic E-state index is 9.00. The van der Waals surface area contributed by atoms with Crippen molar-refractivity contribution in [3.05, 3.63) is 24.0 Å². The highest BCUT2D eigenvalue weighted by Gasteiger charge is 2.16. The van der Waals surface area contributed by atoms with Crippen LogP contribution in [0.3, 0.4) is 0 Å². The second-order valence-corrected chi connectivity index (χ2v) is 5.47. The fraction of sp³-hybridized carbons (Fsp3) is 0.643. The summed E-state index contributed by atoms with van der Waals surface area (Å²) in [5, 5.41) is 12.4. The molecule has 1 N–H and O–H groups in total. The summed E-state index contributed by atoms with van der Waals surface area (Å²) in [6, 6.07) is 7.04. The van der Waals surface area contributed by atoms with E-state index in [9.17, 15) is 0 Å². The van der Waals surface area contributed by atoms with E-state index in [1.165, 1.54) is 5.69 Å². The molecule has 0 radical (unpaired) electrons. The number of hydrogen-bond donors (Lipinski definition) is 1. The summed E-state index contributed by atoms with van der Waals surface area (Å²) in [4.78, 5) is 0. The largest absolute Gasteiger partial charge is 0.350 e. The molecule has 1 rings (SSSR count). The van der Waals surface area contributed by atoms with E-state index < -0.39 is 0 Å². The molecule has 1 heterocycles. The highest BCUT2D eigenvalue weighted by atomic mass is 15.0. The zero-order valence-electron chi connectivity index (χ0n) is 11.3. The average Bonchev–Trinajstić information content (AvgIpc) is 2.71. The minimum atomic E-state index is -0.243. The molecule has 0 saturated heterocycles. The molecule has 0 bridgehead atoms. The van der Waals surface area contributed by atoms with Gasteiger partial charge >= 0.3 is 0 Å².